The molecule has 2 aromatic heterocycles. The molecule has 0 aliphatic rings. The molecule has 2 rings (SSSR count). The molecule has 0 aliphatic heterocycles. The number of hydrogen-bond donors (Lipinski definition) is 0. The van der Waals surface area contributed by atoms with Crippen molar-refractivity contribution in [1.29, 1.82) is 0 Å². The molecule has 0 N–H and O–H groups in total. The molecule has 0 amide bonds. The third kappa shape index (κ3) is 1.32. The van der Waals surface area contributed by atoms with Crippen LogP contribution in [0.5, 0.6) is 0 Å². The van der Waals surface area contributed by atoms with Crippen molar-refractivity contribution in [1.82, 2.24) is 14.6 Å². The molecule has 2 heterocycles. The van der Waals surface area contributed by atoms with Gasteiger partial charge in [-0.15, -0.1) is 0 Å². The Morgan fingerprint density at radius 3 is 3.07 bits per heavy atom. The van der Waals surface area contributed by atoms with Gasteiger partial charge in [-0.3, -0.25) is 0 Å². The van der Waals surface area contributed by atoms with E-state index in [0.29, 0.717) is 5.65 Å². The quantitative estimate of drug-likeness (QED) is 0.626. The number of carbonyl (C=O) groups is 1. The van der Waals surface area contributed by atoms with Crippen LogP contribution in [0.2, 0.25) is 0 Å². The zero-order valence-electron chi connectivity index (χ0n) is 7.89. The molecule has 0 unspecified atom stereocenters. The monoisotopic (exact) mass is 191 g/mol. The fraction of sp³-hybridized carbons (Fsp3) is 0.222. The number of rotatable bonds is 1. The lowest BCUT2D eigenvalue weighted by Gasteiger charge is -1.92. The third-order valence-electron chi connectivity index (χ3n) is 1.84. The highest BCUT2D eigenvalue weighted by atomic mass is 16.5. The Bertz CT molecular complexity index is 490. The molecule has 5 heteroatoms. The first kappa shape index (κ1) is 8.68. The SMILES string of the molecule is COC(=O)c1cc2ncc(C)cn2n1. The predicted molar refractivity (Wildman–Crippen MR) is 49.1 cm³/mol. The van der Waals surface area contributed by atoms with Gasteiger partial charge in [0.25, 0.3) is 0 Å². The summed E-state index contributed by atoms with van der Waals surface area (Å²) >= 11 is 0. The Labute approximate surface area is 80.3 Å². The summed E-state index contributed by atoms with van der Waals surface area (Å²) in [5.74, 6) is -0.451. The summed E-state index contributed by atoms with van der Waals surface area (Å²) in [5, 5.41) is 4.02. The zero-order valence-corrected chi connectivity index (χ0v) is 7.89. The summed E-state index contributed by atoms with van der Waals surface area (Å²) in [6, 6.07) is 1.59. The van der Waals surface area contributed by atoms with Gasteiger partial charge in [-0.25, -0.2) is 14.3 Å². The van der Waals surface area contributed by atoms with Crippen LogP contribution in [-0.4, -0.2) is 27.7 Å². The molecule has 0 atom stereocenters. The van der Waals surface area contributed by atoms with Crippen LogP contribution < -0.4 is 0 Å². The Balaban J connectivity index is 2.56. The molecule has 0 radical (unpaired) electrons. The Kier molecular flexibility index (Phi) is 1.92. The second kappa shape index (κ2) is 3.10. The van der Waals surface area contributed by atoms with Gasteiger partial charge in [0.2, 0.25) is 0 Å². The van der Waals surface area contributed by atoms with Crippen molar-refractivity contribution >= 4 is 11.6 Å². The van der Waals surface area contributed by atoms with Crippen LogP contribution >= 0.6 is 0 Å². The number of esters is 1. The second-order valence-corrected chi connectivity index (χ2v) is 2.96. The molecule has 0 saturated carbocycles. The second-order valence-electron chi connectivity index (χ2n) is 2.96. The van der Waals surface area contributed by atoms with E-state index in [-0.39, 0.29) is 5.69 Å². The number of carbonyl (C=O) groups excluding carboxylic acids is 1. The zero-order chi connectivity index (χ0) is 10.1. The molecule has 72 valence electrons. The number of fused-ring (bicyclic) bond motifs is 1. The van der Waals surface area contributed by atoms with Crippen molar-refractivity contribution in [3.05, 3.63) is 29.7 Å². The number of aromatic nitrogens is 3. The van der Waals surface area contributed by atoms with Crippen LogP contribution in [0.25, 0.3) is 5.65 Å². The summed E-state index contributed by atoms with van der Waals surface area (Å²) in [6.07, 6.45) is 3.52. The molecule has 0 bridgehead atoms. The number of aryl methyl sites for hydroxylation is 1. The molecule has 0 aromatic carbocycles. The smallest absolute Gasteiger partial charge is 0.358 e. The molecule has 14 heavy (non-hydrogen) atoms. The molecular weight excluding hydrogens is 182 g/mol. The molecule has 0 aliphatic carbocycles. The first-order valence-corrected chi connectivity index (χ1v) is 4.11. The van der Waals surface area contributed by atoms with E-state index in [1.54, 1.807) is 23.0 Å². The van der Waals surface area contributed by atoms with Crippen molar-refractivity contribution in [2.45, 2.75) is 6.92 Å². The van der Waals surface area contributed by atoms with Gasteiger partial charge in [0.1, 0.15) is 0 Å². The van der Waals surface area contributed by atoms with E-state index in [9.17, 15) is 4.79 Å². The molecular formula is C9H9N3O2. The van der Waals surface area contributed by atoms with Crippen LogP contribution in [0.4, 0.5) is 0 Å². The Morgan fingerprint density at radius 2 is 2.36 bits per heavy atom. The van der Waals surface area contributed by atoms with Gasteiger partial charge in [0.05, 0.1) is 7.11 Å². The molecule has 5 nitrogen and oxygen atoms in total. The summed E-state index contributed by atoms with van der Waals surface area (Å²) in [7, 11) is 1.32. The Hall–Kier alpha value is -1.91. The number of hydrogen-bond acceptors (Lipinski definition) is 4. The van der Waals surface area contributed by atoms with E-state index in [1.165, 1.54) is 7.11 Å². The van der Waals surface area contributed by atoms with Gasteiger partial charge in [-0.2, -0.15) is 5.10 Å². The van der Waals surface area contributed by atoms with Gasteiger partial charge in [0, 0.05) is 18.5 Å². The first-order valence-electron chi connectivity index (χ1n) is 4.11. The number of nitrogens with zero attached hydrogens (tertiary/aromatic N) is 3. The maximum atomic E-state index is 11.1. The first-order chi connectivity index (χ1) is 6.70. The van der Waals surface area contributed by atoms with Gasteiger partial charge in [-0.05, 0) is 12.5 Å². The summed E-state index contributed by atoms with van der Waals surface area (Å²) < 4.78 is 6.11. The standard InChI is InChI=1S/C9H9N3O2/c1-6-4-10-8-3-7(9(13)14-2)11-12(8)5-6/h3-5H,1-2H3. The largest absolute Gasteiger partial charge is 0.464 e. The fourth-order valence-corrected chi connectivity index (χ4v) is 1.17. The van der Waals surface area contributed by atoms with E-state index < -0.39 is 5.97 Å². The number of ether oxygens (including phenoxy) is 1. The lowest BCUT2D eigenvalue weighted by atomic mass is 10.4. The van der Waals surface area contributed by atoms with Crippen molar-refractivity contribution in [3.8, 4) is 0 Å². The van der Waals surface area contributed by atoms with Crippen LogP contribution in [0.3, 0.4) is 0 Å². The van der Waals surface area contributed by atoms with Crippen molar-refractivity contribution in [2.75, 3.05) is 7.11 Å². The minimum atomic E-state index is -0.451. The summed E-state index contributed by atoms with van der Waals surface area (Å²) in [6.45, 7) is 1.91. The minimum absolute atomic E-state index is 0.269. The summed E-state index contributed by atoms with van der Waals surface area (Å²) in [5.41, 5.74) is 1.89. The topological polar surface area (TPSA) is 56.5 Å². The normalized spacial score (nSPS) is 10.4. The molecule has 2 aromatic rings. The van der Waals surface area contributed by atoms with Gasteiger partial charge >= 0.3 is 5.97 Å². The molecule has 0 spiro atoms. The van der Waals surface area contributed by atoms with E-state index >= 15 is 0 Å². The maximum Gasteiger partial charge on any atom is 0.358 e. The lowest BCUT2D eigenvalue weighted by Crippen LogP contribution is -2.02. The van der Waals surface area contributed by atoms with Gasteiger partial charge in [0.15, 0.2) is 11.3 Å². The Morgan fingerprint density at radius 1 is 1.57 bits per heavy atom. The van der Waals surface area contributed by atoms with Gasteiger partial charge in [-0.1, -0.05) is 0 Å². The molecule has 0 fully saturated rings. The van der Waals surface area contributed by atoms with Crippen molar-refractivity contribution in [3.63, 3.8) is 0 Å². The maximum absolute atomic E-state index is 11.1. The van der Waals surface area contributed by atoms with Crippen molar-refractivity contribution < 1.29 is 9.53 Å². The average molecular weight is 191 g/mol. The van der Waals surface area contributed by atoms with Gasteiger partial charge < -0.3 is 4.74 Å². The highest BCUT2D eigenvalue weighted by molar-refractivity contribution is 5.88. The van der Waals surface area contributed by atoms with Crippen LogP contribution in [0.15, 0.2) is 18.5 Å². The van der Waals surface area contributed by atoms with E-state index in [2.05, 4.69) is 14.8 Å². The van der Waals surface area contributed by atoms with Crippen molar-refractivity contribution in [2.24, 2.45) is 0 Å². The highest BCUT2D eigenvalue weighted by Crippen LogP contribution is 2.05. The average Bonchev–Trinajstić information content (AvgIpc) is 2.59. The summed E-state index contributed by atoms with van der Waals surface area (Å²) in [4.78, 5) is 15.3. The van der Waals surface area contributed by atoms with Crippen LogP contribution in [-0.2, 0) is 4.74 Å². The van der Waals surface area contributed by atoms with E-state index in [1.807, 2.05) is 6.92 Å². The lowest BCUT2D eigenvalue weighted by molar-refractivity contribution is 0.0593. The number of methoxy groups -OCH3 is 1. The highest BCUT2D eigenvalue weighted by Gasteiger charge is 2.10. The molecule has 0 saturated heterocycles. The third-order valence-corrected chi connectivity index (χ3v) is 1.84. The fourth-order valence-electron chi connectivity index (χ4n) is 1.17. The minimum Gasteiger partial charge on any atom is -0.464 e. The predicted octanol–water partition coefficient (Wildman–Crippen LogP) is 0.824. The van der Waals surface area contributed by atoms with E-state index in [4.69, 9.17) is 0 Å². The van der Waals surface area contributed by atoms with Crippen LogP contribution in [0.1, 0.15) is 16.1 Å². The van der Waals surface area contributed by atoms with E-state index in [0.717, 1.165) is 5.56 Å². The van der Waals surface area contributed by atoms with Crippen LogP contribution in [0, 0.1) is 6.92 Å².